The van der Waals surface area contributed by atoms with Gasteiger partial charge < -0.3 is 5.73 Å². The van der Waals surface area contributed by atoms with Crippen molar-refractivity contribution < 1.29 is 0 Å². The topological polar surface area (TPSA) is 85.4 Å². The van der Waals surface area contributed by atoms with E-state index in [1.807, 2.05) is 22.9 Å². The lowest BCUT2D eigenvalue weighted by Gasteiger charge is -2.05. The minimum absolute atomic E-state index is 0.413. The predicted octanol–water partition coefficient (Wildman–Crippen LogP) is 2.37. The molecule has 2 aromatic heterocycles. The van der Waals surface area contributed by atoms with Crippen LogP contribution < -0.4 is 5.73 Å². The zero-order valence-corrected chi connectivity index (χ0v) is 13.5. The van der Waals surface area contributed by atoms with Crippen LogP contribution in [0.4, 0.5) is 5.82 Å². The number of nitriles is 1. The maximum Gasteiger partial charge on any atom is 0.140 e. The van der Waals surface area contributed by atoms with E-state index in [9.17, 15) is 5.26 Å². The average Bonchev–Trinajstić information content (AvgIpc) is 3.25. The molecule has 0 spiro atoms. The molecule has 120 valence electrons. The first-order chi connectivity index (χ1) is 11.7. The first-order valence-electron chi connectivity index (χ1n) is 8.07. The molecular formula is C18H18N6. The summed E-state index contributed by atoms with van der Waals surface area (Å²) in [5.41, 5.74) is 11.8. The molecule has 4 rings (SSSR count). The van der Waals surface area contributed by atoms with Crippen LogP contribution in [-0.4, -0.2) is 19.6 Å². The van der Waals surface area contributed by atoms with E-state index in [0.717, 1.165) is 30.6 Å². The molecule has 1 aliphatic carbocycles. The van der Waals surface area contributed by atoms with Gasteiger partial charge in [0, 0.05) is 5.69 Å². The number of rotatable bonds is 3. The largest absolute Gasteiger partial charge is 0.383 e. The number of benzene rings is 1. The summed E-state index contributed by atoms with van der Waals surface area (Å²) >= 11 is 0. The molecule has 6 heteroatoms. The van der Waals surface area contributed by atoms with E-state index in [0.29, 0.717) is 23.6 Å². The fourth-order valence-corrected chi connectivity index (χ4v) is 3.42. The lowest BCUT2D eigenvalue weighted by molar-refractivity contribution is 0.654. The molecule has 0 bridgehead atoms. The summed E-state index contributed by atoms with van der Waals surface area (Å²) in [6, 6.07) is 12.3. The van der Waals surface area contributed by atoms with Gasteiger partial charge in [-0.25, -0.2) is 9.36 Å². The SMILES string of the molecule is Cc1nn(Cc2nn(-c3ccccc3)c3c2CCC3)c(N)c1C#N. The molecule has 0 atom stereocenters. The van der Waals surface area contributed by atoms with Crippen molar-refractivity contribution in [1.29, 1.82) is 5.26 Å². The Morgan fingerprint density at radius 3 is 2.71 bits per heavy atom. The Kier molecular flexibility index (Phi) is 3.35. The van der Waals surface area contributed by atoms with Gasteiger partial charge in [-0.05, 0) is 43.9 Å². The third kappa shape index (κ3) is 2.17. The van der Waals surface area contributed by atoms with Gasteiger partial charge in [0.2, 0.25) is 0 Å². The van der Waals surface area contributed by atoms with Crippen molar-refractivity contribution in [3.63, 3.8) is 0 Å². The van der Waals surface area contributed by atoms with E-state index in [1.54, 1.807) is 11.6 Å². The number of aromatic nitrogens is 4. The molecule has 0 radical (unpaired) electrons. The number of hydrogen-bond donors (Lipinski definition) is 1. The Hall–Kier alpha value is -3.07. The number of nitrogen functional groups attached to an aromatic ring is 1. The third-order valence-corrected chi connectivity index (χ3v) is 4.59. The van der Waals surface area contributed by atoms with Crippen molar-refractivity contribution in [2.45, 2.75) is 32.7 Å². The van der Waals surface area contributed by atoms with Crippen molar-refractivity contribution in [3.05, 3.63) is 58.5 Å². The molecule has 0 fully saturated rings. The minimum atomic E-state index is 0.413. The summed E-state index contributed by atoms with van der Waals surface area (Å²) < 4.78 is 3.72. The normalized spacial score (nSPS) is 13.0. The molecule has 2 N–H and O–H groups in total. The highest BCUT2D eigenvalue weighted by Gasteiger charge is 2.24. The quantitative estimate of drug-likeness (QED) is 0.803. The van der Waals surface area contributed by atoms with E-state index in [1.165, 1.54) is 11.3 Å². The first kappa shape index (κ1) is 14.5. The fourth-order valence-electron chi connectivity index (χ4n) is 3.42. The summed E-state index contributed by atoms with van der Waals surface area (Å²) in [7, 11) is 0. The molecule has 24 heavy (non-hydrogen) atoms. The minimum Gasteiger partial charge on any atom is -0.383 e. The Morgan fingerprint density at radius 1 is 1.21 bits per heavy atom. The van der Waals surface area contributed by atoms with Gasteiger partial charge in [0.05, 0.1) is 23.6 Å². The van der Waals surface area contributed by atoms with E-state index in [2.05, 4.69) is 23.3 Å². The van der Waals surface area contributed by atoms with E-state index in [-0.39, 0.29) is 0 Å². The molecule has 1 aliphatic rings. The lowest BCUT2D eigenvalue weighted by Crippen LogP contribution is -2.09. The van der Waals surface area contributed by atoms with Gasteiger partial charge in [0.15, 0.2) is 0 Å². The Morgan fingerprint density at radius 2 is 2.00 bits per heavy atom. The number of anilines is 1. The second-order valence-corrected chi connectivity index (χ2v) is 6.09. The lowest BCUT2D eigenvalue weighted by atomic mass is 10.2. The molecule has 0 aliphatic heterocycles. The highest BCUT2D eigenvalue weighted by molar-refractivity contribution is 5.52. The number of aryl methyl sites for hydroxylation is 1. The Bertz CT molecular complexity index is 942. The summed E-state index contributed by atoms with van der Waals surface area (Å²) in [4.78, 5) is 0. The van der Waals surface area contributed by atoms with Crippen LogP contribution in [0.15, 0.2) is 30.3 Å². The monoisotopic (exact) mass is 318 g/mol. The zero-order chi connectivity index (χ0) is 16.7. The van der Waals surface area contributed by atoms with Gasteiger partial charge in [0.1, 0.15) is 17.5 Å². The van der Waals surface area contributed by atoms with Crippen molar-refractivity contribution in [1.82, 2.24) is 19.6 Å². The van der Waals surface area contributed by atoms with Gasteiger partial charge in [-0.15, -0.1) is 0 Å². The molecule has 2 heterocycles. The predicted molar refractivity (Wildman–Crippen MR) is 90.8 cm³/mol. The maximum absolute atomic E-state index is 9.18. The number of nitrogens with zero attached hydrogens (tertiary/aromatic N) is 5. The van der Waals surface area contributed by atoms with Gasteiger partial charge in [-0.2, -0.15) is 15.5 Å². The first-order valence-corrected chi connectivity index (χ1v) is 8.07. The molecular weight excluding hydrogens is 300 g/mol. The van der Waals surface area contributed by atoms with Gasteiger partial charge >= 0.3 is 0 Å². The number of hydrogen-bond acceptors (Lipinski definition) is 4. The van der Waals surface area contributed by atoms with Crippen molar-refractivity contribution in [2.24, 2.45) is 0 Å². The molecule has 1 aromatic carbocycles. The van der Waals surface area contributed by atoms with Gasteiger partial charge in [-0.1, -0.05) is 18.2 Å². The number of fused-ring (bicyclic) bond motifs is 1. The Balaban J connectivity index is 1.77. The molecule has 3 aromatic rings. The highest BCUT2D eigenvalue weighted by Crippen LogP contribution is 2.29. The Labute approximate surface area is 140 Å². The summed E-state index contributed by atoms with van der Waals surface area (Å²) in [5.74, 6) is 0.413. The maximum atomic E-state index is 9.18. The zero-order valence-electron chi connectivity index (χ0n) is 13.5. The van der Waals surface area contributed by atoms with Crippen LogP contribution in [-0.2, 0) is 19.4 Å². The summed E-state index contributed by atoms with van der Waals surface area (Å²) in [6.07, 6.45) is 3.21. The standard InChI is InChI=1S/C18H18N6/c1-12-15(10-19)18(20)23(21-12)11-16-14-8-5-9-17(14)24(22-16)13-6-3-2-4-7-13/h2-4,6-7H,5,8-9,11,20H2,1H3. The summed E-state index contributed by atoms with van der Waals surface area (Å²) in [6.45, 7) is 2.30. The fraction of sp³-hybridized carbons (Fsp3) is 0.278. The van der Waals surface area contributed by atoms with Crippen molar-refractivity contribution in [3.8, 4) is 11.8 Å². The van der Waals surface area contributed by atoms with Crippen molar-refractivity contribution >= 4 is 5.82 Å². The van der Waals surface area contributed by atoms with Crippen LogP contribution in [0.2, 0.25) is 0 Å². The van der Waals surface area contributed by atoms with Gasteiger partial charge in [-0.3, -0.25) is 0 Å². The van der Waals surface area contributed by atoms with E-state index < -0.39 is 0 Å². The number of para-hydroxylation sites is 1. The summed E-state index contributed by atoms with van der Waals surface area (Å²) in [5, 5.41) is 18.4. The van der Waals surface area contributed by atoms with Crippen LogP contribution >= 0.6 is 0 Å². The molecule has 0 saturated heterocycles. The van der Waals surface area contributed by atoms with Crippen LogP contribution in [0.25, 0.3) is 5.69 Å². The highest BCUT2D eigenvalue weighted by atomic mass is 15.3. The van der Waals surface area contributed by atoms with Crippen LogP contribution in [0, 0.1) is 18.3 Å². The van der Waals surface area contributed by atoms with Crippen LogP contribution in [0.3, 0.4) is 0 Å². The third-order valence-electron chi connectivity index (χ3n) is 4.59. The average molecular weight is 318 g/mol. The van der Waals surface area contributed by atoms with Crippen LogP contribution in [0.1, 0.15) is 34.6 Å². The van der Waals surface area contributed by atoms with Crippen molar-refractivity contribution in [2.75, 3.05) is 5.73 Å². The van der Waals surface area contributed by atoms with Gasteiger partial charge in [0.25, 0.3) is 0 Å². The molecule has 6 nitrogen and oxygen atoms in total. The second-order valence-electron chi connectivity index (χ2n) is 6.09. The van der Waals surface area contributed by atoms with Crippen LogP contribution in [0.5, 0.6) is 0 Å². The molecule has 0 amide bonds. The van der Waals surface area contributed by atoms with E-state index in [4.69, 9.17) is 10.8 Å². The smallest absolute Gasteiger partial charge is 0.140 e. The second kappa shape index (κ2) is 5.53. The number of nitrogens with two attached hydrogens (primary N) is 1. The molecule has 0 saturated carbocycles. The molecule has 0 unspecified atom stereocenters. The van der Waals surface area contributed by atoms with E-state index >= 15 is 0 Å².